The molecule has 0 unspecified atom stereocenters. The van der Waals surface area contributed by atoms with Crippen LogP contribution < -0.4 is 14.4 Å². The predicted molar refractivity (Wildman–Crippen MR) is 105 cm³/mol. The van der Waals surface area contributed by atoms with Crippen LogP contribution in [0.1, 0.15) is 5.56 Å². The number of methoxy groups -OCH3 is 2. The first-order valence-electron chi connectivity index (χ1n) is 8.26. The molecule has 2 aromatic rings. The van der Waals surface area contributed by atoms with Crippen LogP contribution in [0.25, 0.3) is 5.57 Å². The first-order valence-corrected chi connectivity index (χ1v) is 9.25. The molecule has 2 amide bonds. The first kappa shape index (κ1) is 19.0. The van der Waals surface area contributed by atoms with Gasteiger partial charge in [0.1, 0.15) is 11.5 Å². The maximum absolute atomic E-state index is 13.2. The zero-order chi connectivity index (χ0) is 19.4. The van der Waals surface area contributed by atoms with E-state index in [1.54, 1.807) is 55.6 Å². The Hall–Kier alpha value is -2.77. The van der Waals surface area contributed by atoms with Gasteiger partial charge in [-0.2, -0.15) is 0 Å². The van der Waals surface area contributed by atoms with E-state index in [1.807, 2.05) is 0 Å². The summed E-state index contributed by atoms with van der Waals surface area (Å²) in [5, 5.41) is 9.19. The van der Waals surface area contributed by atoms with E-state index >= 15 is 0 Å². The van der Waals surface area contributed by atoms with Crippen LogP contribution in [0.3, 0.4) is 0 Å². The largest absolute Gasteiger partial charge is 0.497 e. The van der Waals surface area contributed by atoms with Gasteiger partial charge in [0.05, 0.1) is 37.0 Å². The van der Waals surface area contributed by atoms with Crippen LogP contribution in [0.4, 0.5) is 5.69 Å². The Bertz CT molecular complexity index is 892. The smallest absolute Gasteiger partial charge is 0.272 e. The number of anilines is 1. The van der Waals surface area contributed by atoms with Crippen molar-refractivity contribution in [3.8, 4) is 11.5 Å². The molecule has 0 saturated carbocycles. The summed E-state index contributed by atoms with van der Waals surface area (Å²) in [6.45, 7) is -0.0998. The Labute approximate surface area is 161 Å². The second kappa shape index (κ2) is 8.28. The van der Waals surface area contributed by atoms with Gasteiger partial charge >= 0.3 is 0 Å². The van der Waals surface area contributed by atoms with Crippen LogP contribution in [0.5, 0.6) is 11.5 Å². The van der Waals surface area contributed by atoms with Gasteiger partial charge in [0.25, 0.3) is 11.8 Å². The standard InChI is InChI=1S/C20H19NO5S/c1-25-14-9-7-13(8-10-14)21-19(23)17(18(20(21)24)27-12-11-22)15-5-3-4-6-16(15)26-2/h3-10,22H,11-12H2,1-2H3. The topological polar surface area (TPSA) is 76.1 Å². The fraction of sp³-hybridized carbons (Fsp3) is 0.200. The molecule has 3 rings (SSSR count). The minimum atomic E-state index is -0.421. The van der Waals surface area contributed by atoms with Crippen molar-refractivity contribution in [2.24, 2.45) is 0 Å². The number of carbonyl (C=O) groups is 2. The number of amides is 2. The Kier molecular flexibility index (Phi) is 5.83. The number of hydrogen-bond donors (Lipinski definition) is 1. The average molecular weight is 385 g/mol. The molecule has 1 aliphatic heterocycles. The third-order valence-corrected chi connectivity index (χ3v) is 5.14. The summed E-state index contributed by atoms with van der Waals surface area (Å²) in [5.74, 6) is 0.612. The van der Waals surface area contributed by atoms with Crippen LogP contribution in [0, 0.1) is 0 Å². The number of aliphatic hydroxyl groups is 1. The zero-order valence-corrected chi connectivity index (χ0v) is 15.8. The minimum absolute atomic E-state index is 0.0998. The fourth-order valence-corrected chi connectivity index (χ4v) is 3.70. The maximum Gasteiger partial charge on any atom is 0.272 e. The number of thioether (sulfide) groups is 1. The Morgan fingerprint density at radius 3 is 2.30 bits per heavy atom. The molecule has 1 heterocycles. The number of para-hydroxylation sites is 1. The van der Waals surface area contributed by atoms with Crippen LogP contribution in [-0.2, 0) is 9.59 Å². The number of rotatable bonds is 7. The van der Waals surface area contributed by atoms with Crippen LogP contribution >= 0.6 is 11.8 Å². The molecular weight excluding hydrogens is 366 g/mol. The molecule has 2 aromatic carbocycles. The predicted octanol–water partition coefficient (Wildman–Crippen LogP) is 2.71. The number of benzene rings is 2. The molecule has 140 valence electrons. The lowest BCUT2D eigenvalue weighted by Crippen LogP contribution is -2.31. The summed E-state index contributed by atoms with van der Waals surface area (Å²) in [5.41, 5.74) is 1.29. The van der Waals surface area contributed by atoms with E-state index in [2.05, 4.69) is 0 Å². The lowest BCUT2D eigenvalue weighted by atomic mass is 10.0. The summed E-state index contributed by atoms with van der Waals surface area (Å²) in [6.07, 6.45) is 0. The second-order valence-corrected chi connectivity index (χ2v) is 6.73. The Morgan fingerprint density at radius 1 is 0.963 bits per heavy atom. The zero-order valence-electron chi connectivity index (χ0n) is 15.0. The van der Waals surface area contributed by atoms with Gasteiger partial charge in [-0.25, -0.2) is 4.90 Å². The van der Waals surface area contributed by atoms with Gasteiger partial charge in [-0.05, 0) is 30.3 Å². The summed E-state index contributed by atoms with van der Waals surface area (Å²) < 4.78 is 10.5. The van der Waals surface area contributed by atoms with Crippen molar-refractivity contribution in [1.82, 2.24) is 0 Å². The molecule has 0 aliphatic carbocycles. The lowest BCUT2D eigenvalue weighted by molar-refractivity contribution is -0.119. The molecule has 0 bridgehead atoms. The van der Waals surface area contributed by atoms with Crippen LogP contribution in [0.2, 0.25) is 0 Å². The average Bonchev–Trinajstić information content (AvgIpc) is 2.95. The van der Waals surface area contributed by atoms with Crippen LogP contribution in [-0.4, -0.2) is 43.5 Å². The SMILES string of the molecule is COc1ccc(N2C(=O)C(SCCO)=C(c3ccccc3OC)C2=O)cc1. The normalized spacial score (nSPS) is 14.1. The fourth-order valence-electron chi connectivity index (χ4n) is 2.85. The summed E-state index contributed by atoms with van der Waals surface area (Å²) in [7, 11) is 3.06. The van der Waals surface area contributed by atoms with Gasteiger partial charge in [-0.15, -0.1) is 11.8 Å². The molecular formula is C20H19NO5S. The summed E-state index contributed by atoms with van der Waals surface area (Å²) in [4.78, 5) is 27.7. The van der Waals surface area contributed by atoms with E-state index in [0.717, 1.165) is 16.7 Å². The number of aliphatic hydroxyl groups excluding tert-OH is 1. The number of ether oxygens (including phenoxy) is 2. The van der Waals surface area contributed by atoms with E-state index in [0.29, 0.717) is 33.4 Å². The highest BCUT2D eigenvalue weighted by molar-refractivity contribution is 8.04. The van der Waals surface area contributed by atoms with Gasteiger partial charge in [0, 0.05) is 11.3 Å². The second-order valence-electron chi connectivity index (χ2n) is 5.62. The van der Waals surface area contributed by atoms with Crippen molar-refractivity contribution in [3.05, 3.63) is 59.0 Å². The molecule has 27 heavy (non-hydrogen) atoms. The van der Waals surface area contributed by atoms with E-state index in [9.17, 15) is 14.7 Å². The van der Waals surface area contributed by atoms with Gasteiger partial charge in [-0.1, -0.05) is 18.2 Å². The van der Waals surface area contributed by atoms with Crippen molar-refractivity contribution in [1.29, 1.82) is 0 Å². The highest BCUT2D eigenvalue weighted by Gasteiger charge is 2.41. The number of hydrogen-bond acceptors (Lipinski definition) is 6. The molecule has 0 aromatic heterocycles. The molecule has 1 N–H and O–H groups in total. The minimum Gasteiger partial charge on any atom is -0.497 e. The monoisotopic (exact) mass is 385 g/mol. The van der Waals surface area contributed by atoms with Crippen molar-refractivity contribution >= 4 is 34.8 Å². The third kappa shape index (κ3) is 3.56. The van der Waals surface area contributed by atoms with Gasteiger partial charge in [0.2, 0.25) is 0 Å². The third-order valence-electron chi connectivity index (χ3n) is 4.09. The molecule has 7 heteroatoms. The summed E-state index contributed by atoms with van der Waals surface area (Å²) in [6, 6.07) is 13.8. The van der Waals surface area contributed by atoms with Gasteiger partial charge < -0.3 is 14.6 Å². The highest BCUT2D eigenvalue weighted by atomic mass is 32.2. The van der Waals surface area contributed by atoms with Gasteiger partial charge in [0.15, 0.2) is 0 Å². The van der Waals surface area contributed by atoms with E-state index in [1.165, 1.54) is 7.11 Å². The number of imide groups is 1. The molecule has 0 fully saturated rings. The van der Waals surface area contributed by atoms with E-state index < -0.39 is 11.8 Å². The summed E-state index contributed by atoms with van der Waals surface area (Å²) >= 11 is 1.16. The molecule has 0 spiro atoms. The van der Waals surface area contributed by atoms with Crippen molar-refractivity contribution in [3.63, 3.8) is 0 Å². The number of nitrogens with zero attached hydrogens (tertiary/aromatic N) is 1. The van der Waals surface area contributed by atoms with Crippen LogP contribution in [0.15, 0.2) is 53.4 Å². The van der Waals surface area contributed by atoms with Crippen molar-refractivity contribution < 1.29 is 24.2 Å². The Morgan fingerprint density at radius 2 is 1.67 bits per heavy atom. The van der Waals surface area contributed by atoms with Gasteiger partial charge in [-0.3, -0.25) is 9.59 Å². The molecule has 6 nitrogen and oxygen atoms in total. The molecule has 0 saturated heterocycles. The molecule has 0 atom stereocenters. The van der Waals surface area contributed by atoms with Crippen molar-refractivity contribution in [2.45, 2.75) is 0 Å². The van der Waals surface area contributed by atoms with E-state index in [4.69, 9.17) is 9.47 Å². The highest BCUT2D eigenvalue weighted by Crippen LogP contribution is 2.41. The maximum atomic E-state index is 13.2. The number of carbonyl (C=O) groups excluding carboxylic acids is 2. The van der Waals surface area contributed by atoms with E-state index in [-0.39, 0.29) is 12.2 Å². The molecule has 0 radical (unpaired) electrons. The van der Waals surface area contributed by atoms with Crippen molar-refractivity contribution in [2.75, 3.05) is 31.5 Å². The lowest BCUT2D eigenvalue weighted by Gasteiger charge is -2.16. The Balaban J connectivity index is 2.08. The quantitative estimate of drug-likeness (QED) is 0.739. The first-order chi connectivity index (χ1) is 13.1. The molecule has 1 aliphatic rings.